The van der Waals surface area contributed by atoms with Crippen molar-refractivity contribution in [2.24, 2.45) is 0 Å². The van der Waals surface area contributed by atoms with Gasteiger partial charge in [0, 0.05) is 18.7 Å². The SMILES string of the molecule is CC(C)(C)c1ccc(C(=O)NCCC(=O)OCC(=O)NCc2ccccc2)cc1. The van der Waals surface area contributed by atoms with E-state index in [2.05, 4.69) is 31.4 Å². The Bertz CT molecular complexity index is 824. The molecule has 0 spiro atoms. The maximum absolute atomic E-state index is 12.1. The van der Waals surface area contributed by atoms with Gasteiger partial charge in [-0.3, -0.25) is 14.4 Å². The van der Waals surface area contributed by atoms with E-state index < -0.39 is 5.97 Å². The number of esters is 1. The molecule has 0 aromatic heterocycles. The van der Waals surface area contributed by atoms with Gasteiger partial charge in [0.05, 0.1) is 6.42 Å². The van der Waals surface area contributed by atoms with Crippen molar-refractivity contribution in [1.29, 1.82) is 0 Å². The molecule has 2 N–H and O–H groups in total. The molecule has 0 aliphatic carbocycles. The van der Waals surface area contributed by atoms with Gasteiger partial charge >= 0.3 is 5.97 Å². The molecule has 0 saturated carbocycles. The second-order valence-electron chi connectivity index (χ2n) is 7.76. The first-order valence-electron chi connectivity index (χ1n) is 9.60. The molecule has 6 heteroatoms. The number of hydrogen-bond donors (Lipinski definition) is 2. The Morgan fingerprint density at radius 1 is 0.897 bits per heavy atom. The Hall–Kier alpha value is -3.15. The summed E-state index contributed by atoms with van der Waals surface area (Å²) in [5, 5.41) is 5.36. The quantitative estimate of drug-likeness (QED) is 0.672. The van der Waals surface area contributed by atoms with Crippen molar-refractivity contribution in [1.82, 2.24) is 10.6 Å². The Balaban J connectivity index is 1.64. The standard InChI is InChI=1S/C23H28N2O4/c1-23(2,3)19-11-9-18(10-12-19)22(28)24-14-13-21(27)29-16-20(26)25-15-17-7-5-4-6-8-17/h4-12H,13-16H2,1-3H3,(H,24,28)(H,25,26). The lowest BCUT2D eigenvalue weighted by molar-refractivity contribution is -0.148. The number of benzene rings is 2. The van der Waals surface area contributed by atoms with E-state index in [9.17, 15) is 14.4 Å². The van der Waals surface area contributed by atoms with Gasteiger partial charge in [0.15, 0.2) is 6.61 Å². The van der Waals surface area contributed by atoms with Crippen LogP contribution in [-0.2, 0) is 26.3 Å². The monoisotopic (exact) mass is 396 g/mol. The zero-order chi connectivity index (χ0) is 21.3. The van der Waals surface area contributed by atoms with Crippen LogP contribution in [0.25, 0.3) is 0 Å². The van der Waals surface area contributed by atoms with E-state index in [0.29, 0.717) is 12.1 Å². The maximum atomic E-state index is 12.1. The molecule has 0 aliphatic rings. The van der Waals surface area contributed by atoms with Crippen molar-refractivity contribution < 1.29 is 19.1 Å². The van der Waals surface area contributed by atoms with Crippen molar-refractivity contribution >= 4 is 17.8 Å². The summed E-state index contributed by atoms with van der Waals surface area (Å²) in [6, 6.07) is 16.8. The average Bonchev–Trinajstić information content (AvgIpc) is 2.71. The third-order valence-corrected chi connectivity index (χ3v) is 4.32. The Morgan fingerprint density at radius 2 is 1.55 bits per heavy atom. The molecule has 0 fully saturated rings. The highest BCUT2D eigenvalue weighted by Gasteiger charge is 2.14. The number of amides is 2. The molecular weight excluding hydrogens is 368 g/mol. The predicted molar refractivity (Wildman–Crippen MR) is 111 cm³/mol. The van der Waals surface area contributed by atoms with E-state index in [0.717, 1.165) is 11.1 Å². The molecule has 0 unspecified atom stereocenters. The Labute approximate surface area is 171 Å². The first kappa shape index (κ1) is 22.1. The maximum Gasteiger partial charge on any atom is 0.308 e. The van der Waals surface area contributed by atoms with Gasteiger partial charge in [-0.15, -0.1) is 0 Å². The van der Waals surface area contributed by atoms with Crippen LogP contribution in [-0.4, -0.2) is 30.9 Å². The van der Waals surface area contributed by atoms with E-state index in [1.807, 2.05) is 42.5 Å². The van der Waals surface area contributed by atoms with Gasteiger partial charge in [-0.05, 0) is 28.7 Å². The molecule has 2 aromatic carbocycles. The molecule has 154 valence electrons. The third-order valence-electron chi connectivity index (χ3n) is 4.32. The lowest BCUT2D eigenvalue weighted by atomic mass is 9.87. The summed E-state index contributed by atoms with van der Waals surface area (Å²) < 4.78 is 4.93. The highest BCUT2D eigenvalue weighted by Crippen LogP contribution is 2.22. The van der Waals surface area contributed by atoms with E-state index in [4.69, 9.17) is 4.74 Å². The first-order chi connectivity index (χ1) is 13.8. The van der Waals surface area contributed by atoms with Crippen molar-refractivity contribution in [2.75, 3.05) is 13.2 Å². The van der Waals surface area contributed by atoms with Crippen LogP contribution < -0.4 is 10.6 Å². The van der Waals surface area contributed by atoms with Crippen LogP contribution in [0.2, 0.25) is 0 Å². The minimum atomic E-state index is -0.539. The molecule has 0 atom stereocenters. The topological polar surface area (TPSA) is 84.5 Å². The lowest BCUT2D eigenvalue weighted by Gasteiger charge is -2.19. The van der Waals surface area contributed by atoms with Crippen LogP contribution in [0, 0.1) is 0 Å². The van der Waals surface area contributed by atoms with Crippen molar-refractivity contribution in [3.05, 3.63) is 71.3 Å². The summed E-state index contributed by atoms with van der Waals surface area (Å²) in [5.74, 6) is -1.16. The van der Waals surface area contributed by atoms with Gasteiger partial charge in [0.1, 0.15) is 0 Å². The molecule has 0 saturated heterocycles. The molecule has 2 aromatic rings. The fourth-order valence-electron chi connectivity index (χ4n) is 2.57. The van der Waals surface area contributed by atoms with Crippen LogP contribution in [0.1, 0.15) is 48.7 Å². The van der Waals surface area contributed by atoms with Gasteiger partial charge in [0.2, 0.25) is 0 Å². The van der Waals surface area contributed by atoms with E-state index in [1.54, 1.807) is 12.1 Å². The van der Waals surface area contributed by atoms with Crippen molar-refractivity contribution in [2.45, 2.75) is 39.2 Å². The van der Waals surface area contributed by atoms with E-state index >= 15 is 0 Å². The van der Waals surface area contributed by atoms with Gasteiger partial charge < -0.3 is 15.4 Å². The molecule has 2 rings (SSSR count). The lowest BCUT2D eigenvalue weighted by Crippen LogP contribution is -2.30. The van der Waals surface area contributed by atoms with Crippen molar-refractivity contribution in [3.63, 3.8) is 0 Å². The summed E-state index contributed by atoms with van der Waals surface area (Å²) in [4.78, 5) is 35.6. The number of nitrogens with one attached hydrogen (secondary N) is 2. The summed E-state index contributed by atoms with van der Waals surface area (Å²) in [6.07, 6.45) is -0.00220. The Morgan fingerprint density at radius 3 is 2.17 bits per heavy atom. The summed E-state index contributed by atoms with van der Waals surface area (Å²) in [5.41, 5.74) is 2.66. The number of rotatable bonds is 8. The Kier molecular flexibility index (Phi) is 7.95. The van der Waals surface area contributed by atoms with Gasteiger partial charge in [0.25, 0.3) is 11.8 Å². The van der Waals surface area contributed by atoms with Crippen molar-refractivity contribution in [3.8, 4) is 0 Å². The first-order valence-corrected chi connectivity index (χ1v) is 9.60. The largest absolute Gasteiger partial charge is 0.456 e. The predicted octanol–water partition coefficient (Wildman–Crippen LogP) is 2.96. The average molecular weight is 396 g/mol. The van der Waals surface area contributed by atoms with Crippen LogP contribution >= 0.6 is 0 Å². The molecule has 6 nitrogen and oxygen atoms in total. The molecule has 0 heterocycles. The molecule has 0 radical (unpaired) electrons. The van der Waals surface area contributed by atoms with Gasteiger partial charge in [-0.2, -0.15) is 0 Å². The minimum Gasteiger partial charge on any atom is -0.456 e. The third kappa shape index (κ3) is 7.78. The van der Waals surface area contributed by atoms with E-state index in [1.165, 1.54) is 0 Å². The molecule has 0 bridgehead atoms. The summed E-state index contributed by atoms with van der Waals surface area (Å²) in [7, 11) is 0. The smallest absolute Gasteiger partial charge is 0.308 e. The number of carbonyl (C=O) groups is 3. The fraction of sp³-hybridized carbons (Fsp3) is 0.348. The molecule has 2 amide bonds. The normalized spacial score (nSPS) is 10.9. The highest BCUT2D eigenvalue weighted by molar-refractivity contribution is 5.94. The van der Waals surface area contributed by atoms with E-state index in [-0.39, 0.29) is 36.8 Å². The minimum absolute atomic E-state index is 0.00220. The van der Waals surface area contributed by atoms with Crippen LogP contribution in [0.15, 0.2) is 54.6 Å². The molecular formula is C23H28N2O4. The number of hydrogen-bond acceptors (Lipinski definition) is 4. The van der Waals surface area contributed by atoms with Crippen LogP contribution in [0.4, 0.5) is 0 Å². The summed E-state index contributed by atoms with van der Waals surface area (Å²) in [6.45, 7) is 6.50. The second kappa shape index (κ2) is 10.4. The van der Waals surface area contributed by atoms with Crippen LogP contribution in [0.3, 0.4) is 0 Å². The van der Waals surface area contributed by atoms with Gasteiger partial charge in [-0.1, -0.05) is 63.2 Å². The zero-order valence-corrected chi connectivity index (χ0v) is 17.2. The van der Waals surface area contributed by atoms with Crippen LogP contribution in [0.5, 0.6) is 0 Å². The highest BCUT2D eigenvalue weighted by atomic mass is 16.5. The number of carbonyl (C=O) groups excluding carboxylic acids is 3. The number of ether oxygens (including phenoxy) is 1. The summed E-state index contributed by atoms with van der Waals surface area (Å²) >= 11 is 0. The second-order valence-corrected chi connectivity index (χ2v) is 7.76. The molecule has 0 aliphatic heterocycles. The zero-order valence-electron chi connectivity index (χ0n) is 17.2. The van der Waals surface area contributed by atoms with Gasteiger partial charge in [-0.25, -0.2) is 0 Å². The fourth-order valence-corrected chi connectivity index (χ4v) is 2.57. The molecule has 29 heavy (non-hydrogen) atoms.